The number of likely N-dealkylation sites (N-methyl/N-ethyl adjacent to an activating group) is 1. The van der Waals surface area contributed by atoms with Crippen LogP contribution in [0.5, 0.6) is 5.75 Å². The SMILES string of the molecule is Cc1oc(-c2cccs2)nc1C(=O)NCc1cccc(OCCN(C)C2CCOCC2)c1. The van der Waals surface area contributed by atoms with Gasteiger partial charge >= 0.3 is 0 Å². The number of amides is 1. The molecule has 1 aliphatic rings. The van der Waals surface area contributed by atoms with Crippen LogP contribution in [0, 0.1) is 6.92 Å². The molecule has 170 valence electrons. The van der Waals surface area contributed by atoms with Crippen LogP contribution >= 0.6 is 11.3 Å². The van der Waals surface area contributed by atoms with E-state index in [9.17, 15) is 4.79 Å². The molecule has 0 unspecified atom stereocenters. The average Bonchev–Trinajstić information content (AvgIpc) is 3.48. The van der Waals surface area contributed by atoms with Crippen LogP contribution in [-0.4, -0.2) is 55.2 Å². The van der Waals surface area contributed by atoms with Crippen molar-refractivity contribution in [1.29, 1.82) is 0 Å². The fourth-order valence-electron chi connectivity index (χ4n) is 3.74. The largest absolute Gasteiger partial charge is 0.492 e. The van der Waals surface area contributed by atoms with Gasteiger partial charge in [-0.1, -0.05) is 18.2 Å². The molecule has 0 spiro atoms. The number of ether oxygens (including phenoxy) is 2. The molecule has 3 aromatic rings. The fraction of sp³-hybridized carbons (Fsp3) is 0.417. The second-order valence-corrected chi connectivity index (χ2v) is 8.85. The minimum absolute atomic E-state index is 0.251. The van der Waals surface area contributed by atoms with Gasteiger partial charge in [-0.25, -0.2) is 4.98 Å². The highest BCUT2D eigenvalue weighted by Gasteiger charge is 2.19. The number of rotatable bonds is 9. The van der Waals surface area contributed by atoms with Crippen molar-refractivity contribution in [2.45, 2.75) is 32.4 Å². The summed E-state index contributed by atoms with van der Waals surface area (Å²) in [4.78, 5) is 20.2. The lowest BCUT2D eigenvalue weighted by atomic mass is 10.1. The summed E-state index contributed by atoms with van der Waals surface area (Å²) in [6.07, 6.45) is 2.15. The zero-order valence-corrected chi connectivity index (χ0v) is 19.3. The zero-order chi connectivity index (χ0) is 22.3. The Kier molecular flexibility index (Phi) is 7.57. The number of aryl methyl sites for hydroxylation is 1. The Labute approximate surface area is 192 Å². The van der Waals surface area contributed by atoms with Crippen molar-refractivity contribution < 1.29 is 18.7 Å². The van der Waals surface area contributed by atoms with Gasteiger partial charge in [-0.15, -0.1) is 11.3 Å². The van der Waals surface area contributed by atoms with E-state index in [1.165, 1.54) is 11.3 Å². The van der Waals surface area contributed by atoms with Gasteiger partial charge in [-0.3, -0.25) is 9.69 Å². The highest BCUT2D eigenvalue weighted by Crippen LogP contribution is 2.26. The van der Waals surface area contributed by atoms with Crippen LogP contribution in [-0.2, 0) is 11.3 Å². The molecule has 1 aliphatic heterocycles. The molecular formula is C24H29N3O4S. The third-order valence-electron chi connectivity index (χ3n) is 5.62. The number of benzene rings is 1. The predicted molar refractivity (Wildman–Crippen MR) is 124 cm³/mol. The Morgan fingerprint density at radius 2 is 2.12 bits per heavy atom. The smallest absolute Gasteiger partial charge is 0.273 e. The minimum atomic E-state index is -0.251. The topological polar surface area (TPSA) is 76.8 Å². The maximum atomic E-state index is 12.6. The Morgan fingerprint density at radius 3 is 2.91 bits per heavy atom. The van der Waals surface area contributed by atoms with Crippen LogP contribution in [0.4, 0.5) is 0 Å². The van der Waals surface area contributed by atoms with E-state index in [0.29, 0.717) is 36.5 Å². The summed E-state index contributed by atoms with van der Waals surface area (Å²) >= 11 is 1.53. The molecule has 1 aromatic carbocycles. The lowest BCUT2D eigenvalue weighted by Crippen LogP contribution is -2.38. The van der Waals surface area contributed by atoms with Crippen molar-refractivity contribution in [1.82, 2.24) is 15.2 Å². The first-order valence-corrected chi connectivity index (χ1v) is 11.8. The van der Waals surface area contributed by atoms with Crippen LogP contribution in [0.25, 0.3) is 10.8 Å². The molecule has 1 fully saturated rings. The summed E-state index contributed by atoms with van der Waals surface area (Å²) in [6.45, 7) is 5.31. The first kappa shape index (κ1) is 22.5. The standard InChI is InChI=1S/C24H29N3O4S/c1-17-22(26-24(31-17)21-7-4-14-32-21)23(28)25-16-18-5-3-6-20(15-18)30-13-10-27(2)19-8-11-29-12-9-19/h3-7,14-15,19H,8-13,16H2,1-2H3,(H,25,28). The fourth-order valence-corrected chi connectivity index (χ4v) is 4.39. The Balaban J connectivity index is 1.27. The Hall–Kier alpha value is -2.68. The van der Waals surface area contributed by atoms with Crippen LogP contribution < -0.4 is 10.1 Å². The molecule has 7 nitrogen and oxygen atoms in total. The molecule has 0 saturated carbocycles. The average molecular weight is 456 g/mol. The molecule has 0 aliphatic carbocycles. The summed E-state index contributed by atoms with van der Waals surface area (Å²) < 4.78 is 17.1. The summed E-state index contributed by atoms with van der Waals surface area (Å²) in [5.41, 5.74) is 1.28. The van der Waals surface area contributed by atoms with E-state index in [4.69, 9.17) is 13.9 Å². The van der Waals surface area contributed by atoms with Gasteiger partial charge in [-0.05, 0) is 56.0 Å². The van der Waals surface area contributed by atoms with Gasteiger partial charge in [0.2, 0.25) is 5.89 Å². The lowest BCUT2D eigenvalue weighted by Gasteiger charge is -2.31. The zero-order valence-electron chi connectivity index (χ0n) is 18.5. The monoisotopic (exact) mass is 455 g/mol. The maximum Gasteiger partial charge on any atom is 0.273 e. The van der Waals surface area contributed by atoms with Crippen LogP contribution in [0.3, 0.4) is 0 Å². The first-order chi connectivity index (χ1) is 15.6. The van der Waals surface area contributed by atoms with E-state index in [2.05, 4.69) is 22.2 Å². The van der Waals surface area contributed by atoms with Gasteiger partial charge in [0, 0.05) is 32.3 Å². The van der Waals surface area contributed by atoms with Crippen molar-refractivity contribution in [3.8, 4) is 16.5 Å². The number of oxazole rings is 1. The molecule has 0 atom stereocenters. The van der Waals surface area contributed by atoms with E-state index in [1.807, 2.05) is 41.8 Å². The molecule has 2 aromatic heterocycles. The molecule has 4 rings (SSSR count). The van der Waals surface area contributed by atoms with Gasteiger partial charge in [0.15, 0.2) is 5.69 Å². The van der Waals surface area contributed by atoms with Gasteiger partial charge in [0.05, 0.1) is 4.88 Å². The van der Waals surface area contributed by atoms with E-state index in [1.54, 1.807) is 6.92 Å². The van der Waals surface area contributed by atoms with Crippen molar-refractivity contribution in [3.63, 3.8) is 0 Å². The summed E-state index contributed by atoms with van der Waals surface area (Å²) in [5.74, 6) is 1.54. The van der Waals surface area contributed by atoms with Crippen molar-refractivity contribution >= 4 is 17.2 Å². The number of carbonyl (C=O) groups is 1. The van der Waals surface area contributed by atoms with Crippen molar-refractivity contribution in [2.24, 2.45) is 0 Å². The summed E-state index contributed by atoms with van der Waals surface area (Å²) in [5, 5.41) is 4.88. The van der Waals surface area contributed by atoms with E-state index in [-0.39, 0.29) is 5.91 Å². The third kappa shape index (κ3) is 5.76. The minimum Gasteiger partial charge on any atom is -0.492 e. The highest BCUT2D eigenvalue weighted by atomic mass is 32.1. The number of hydrogen-bond donors (Lipinski definition) is 1. The molecule has 32 heavy (non-hydrogen) atoms. The van der Waals surface area contributed by atoms with Gasteiger partial charge in [0.1, 0.15) is 18.1 Å². The molecular weight excluding hydrogens is 426 g/mol. The highest BCUT2D eigenvalue weighted by molar-refractivity contribution is 7.13. The van der Waals surface area contributed by atoms with E-state index >= 15 is 0 Å². The second-order valence-electron chi connectivity index (χ2n) is 7.90. The molecule has 1 N–H and O–H groups in total. The molecule has 0 radical (unpaired) electrons. The third-order valence-corrected chi connectivity index (χ3v) is 6.48. The number of aromatic nitrogens is 1. The van der Waals surface area contributed by atoms with E-state index in [0.717, 1.165) is 48.8 Å². The summed E-state index contributed by atoms with van der Waals surface area (Å²) in [6, 6.07) is 12.2. The molecule has 8 heteroatoms. The second kappa shape index (κ2) is 10.8. The molecule has 3 heterocycles. The number of thiophene rings is 1. The Bertz CT molecular complexity index is 1010. The number of nitrogens with zero attached hydrogens (tertiary/aromatic N) is 2. The van der Waals surface area contributed by atoms with Gasteiger partial charge in [-0.2, -0.15) is 0 Å². The van der Waals surface area contributed by atoms with Crippen LogP contribution in [0.1, 0.15) is 34.7 Å². The van der Waals surface area contributed by atoms with Crippen LogP contribution in [0.15, 0.2) is 46.2 Å². The predicted octanol–water partition coefficient (Wildman–Crippen LogP) is 4.13. The quantitative estimate of drug-likeness (QED) is 0.523. The normalized spacial score (nSPS) is 14.6. The van der Waals surface area contributed by atoms with Gasteiger partial charge < -0.3 is 19.2 Å². The number of hydrogen-bond acceptors (Lipinski definition) is 7. The molecule has 1 amide bonds. The molecule has 0 bridgehead atoms. The van der Waals surface area contributed by atoms with Crippen LogP contribution in [0.2, 0.25) is 0 Å². The first-order valence-electron chi connectivity index (χ1n) is 10.9. The van der Waals surface area contributed by atoms with E-state index < -0.39 is 0 Å². The van der Waals surface area contributed by atoms with Gasteiger partial charge in [0.25, 0.3) is 5.91 Å². The summed E-state index contributed by atoms with van der Waals surface area (Å²) in [7, 11) is 2.14. The lowest BCUT2D eigenvalue weighted by molar-refractivity contribution is 0.0392. The number of carbonyl (C=O) groups excluding carboxylic acids is 1. The molecule has 1 saturated heterocycles. The number of nitrogens with one attached hydrogen (secondary N) is 1. The van der Waals surface area contributed by atoms with Crippen molar-refractivity contribution in [2.75, 3.05) is 33.4 Å². The van der Waals surface area contributed by atoms with Crippen molar-refractivity contribution in [3.05, 3.63) is 58.8 Å². The maximum absolute atomic E-state index is 12.6. The Morgan fingerprint density at radius 1 is 1.28 bits per heavy atom.